The lowest BCUT2D eigenvalue weighted by atomic mass is 9.83. The Morgan fingerprint density at radius 3 is 2.49 bits per heavy atom. The number of hydrogen-bond donors (Lipinski definition) is 6. The molecule has 6 N–H and O–H groups in total. The third-order valence-electron chi connectivity index (χ3n) is 8.01. The Morgan fingerprint density at radius 2 is 1.79 bits per heavy atom. The number of nitrogens with one attached hydrogen (secondary N) is 3. The number of amides is 1. The van der Waals surface area contributed by atoms with Crippen molar-refractivity contribution in [2.24, 2.45) is 0 Å². The van der Waals surface area contributed by atoms with Crippen molar-refractivity contribution < 1.29 is 19.0 Å². The normalized spacial score (nSPS) is 21.0. The lowest BCUT2D eigenvalue weighted by molar-refractivity contribution is 0.0799. The fourth-order valence-electron chi connectivity index (χ4n) is 5.70. The van der Waals surface area contributed by atoms with Gasteiger partial charge in [0, 0.05) is 36.4 Å². The fraction of sp³-hybridized carbons (Fsp3) is 0.567. The van der Waals surface area contributed by atoms with Crippen LogP contribution in [0, 0.1) is 0 Å². The third-order valence-corrected chi connectivity index (χ3v) is 9.94. The predicted molar refractivity (Wildman–Crippen MR) is 162 cm³/mol. The second-order valence-electron chi connectivity index (χ2n) is 11.3. The van der Waals surface area contributed by atoms with E-state index in [-0.39, 0.29) is 11.4 Å². The number of hydrogen-bond acceptors (Lipinski definition) is 7. The van der Waals surface area contributed by atoms with Crippen molar-refractivity contribution in [3.63, 3.8) is 0 Å². The predicted octanol–water partition coefficient (Wildman–Crippen LogP) is 5.40. The van der Waals surface area contributed by atoms with Crippen LogP contribution in [0.2, 0.25) is 0 Å². The van der Waals surface area contributed by atoms with Crippen LogP contribution in [0.3, 0.4) is 0 Å². The lowest BCUT2D eigenvalue weighted by Crippen LogP contribution is -2.53. The quantitative estimate of drug-likeness (QED) is 0.219. The lowest BCUT2D eigenvalue weighted by Gasteiger charge is -2.47. The first-order valence-corrected chi connectivity index (χ1v) is 16.1. The van der Waals surface area contributed by atoms with E-state index >= 15 is 0 Å². The van der Waals surface area contributed by atoms with E-state index in [1.807, 2.05) is 43.3 Å². The molecule has 1 saturated heterocycles. The summed E-state index contributed by atoms with van der Waals surface area (Å²) in [5.74, 6) is 0.0328. The van der Waals surface area contributed by atoms with Gasteiger partial charge in [0.05, 0.1) is 23.6 Å². The highest BCUT2D eigenvalue weighted by atomic mass is 32.3. The number of carbonyl (C=O) groups excluding carboxylic acids is 1. The van der Waals surface area contributed by atoms with Gasteiger partial charge in [0.1, 0.15) is 0 Å². The van der Waals surface area contributed by atoms with Crippen LogP contribution in [-0.2, 0) is 6.42 Å². The smallest absolute Gasteiger partial charge is 0.251 e. The second-order valence-corrected chi connectivity index (χ2v) is 13.4. The van der Waals surface area contributed by atoms with Crippen LogP contribution >= 0.6 is 10.8 Å². The van der Waals surface area contributed by atoms with Crippen molar-refractivity contribution in [1.29, 1.82) is 0 Å². The number of aliphatic hydroxyl groups is 1. The first-order chi connectivity index (χ1) is 18.7. The molecule has 1 amide bonds. The number of aliphatic hydroxyl groups excluding tert-OH is 1. The van der Waals surface area contributed by atoms with Crippen LogP contribution in [0.5, 0.6) is 0 Å². The molecule has 1 aliphatic carbocycles. The number of benzene rings is 2. The zero-order valence-corrected chi connectivity index (χ0v) is 24.2. The van der Waals surface area contributed by atoms with Gasteiger partial charge in [-0.2, -0.15) is 0 Å². The summed E-state index contributed by atoms with van der Waals surface area (Å²) < 4.78 is 23.1. The van der Waals surface area contributed by atoms with E-state index in [0.29, 0.717) is 43.1 Å². The fourth-order valence-corrected chi connectivity index (χ4v) is 7.38. The topological polar surface area (TPSA) is 117 Å². The minimum atomic E-state index is -2.93. The average molecular weight is 559 g/mol. The van der Waals surface area contributed by atoms with Gasteiger partial charge in [0.2, 0.25) is 0 Å². The molecule has 0 radical (unpaired) electrons. The molecule has 2 aliphatic rings. The first-order valence-electron chi connectivity index (χ1n) is 14.4. The van der Waals surface area contributed by atoms with Crippen molar-refractivity contribution in [3.05, 3.63) is 59.7 Å². The summed E-state index contributed by atoms with van der Waals surface area (Å²) in [6.45, 7) is 5.79. The van der Waals surface area contributed by atoms with E-state index in [1.165, 1.54) is 19.3 Å². The number of carbonyl (C=O) groups is 1. The Balaban J connectivity index is 1.55. The van der Waals surface area contributed by atoms with Crippen LogP contribution in [0.25, 0.3) is 0 Å². The standard InChI is InChI=1S/C30H46N4O4S/c1-3-31-25-19-24(20-26(21-25)34-16-10-11-17-39(34,37)38)29(36)33-27(18-23-12-6-4-7-13-23)28(35)22-32-30(2)14-8-5-9-15-30/h4,6-7,12-13,19-21,27-28,31-32,35,37-38H,3,5,8-11,14-18,22H2,1-2H3,(H,33,36)/t27-,28-/m0/s1. The van der Waals surface area contributed by atoms with Crippen molar-refractivity contribution >= 4 is 28.1 Å². The number of anilines is 2. The molecule has 2 aromatic carbocycles. The molecule has 2 aromatic rings. The first kappa shape index (κ1) is 29.7. The highest BCUT2D eigenvalue weighted by Crippen LogP contribution is 2.50. The number of β-amino-alcohol motifs (C(OH)–C–C–N with tert-alkyl or cyclic N) is 1. The molecule has 0 spiro atoms. The van der Waals surface area contributed by atoms with Crippen LogP contribution < -0.4 is 20.3 Å². The molecule has 0 aromatic heterocycles. The maximum Gasteiger partial charge on any atom is 0.251 e. The number of rotatable bonds is 11. The average Bonchev–Trinajstić information content (AvgIpc) is 2.92. The summed E-state index contributed by atoms with van der Waals surface area (Å²) in [6.07, 6.45) is 7.16. The van der Waals surface area contributed by atoms with Gasteiger partial charge in [-0.25, -0.2) is 0 Å². The van der Waals surface area contributed by atoms with Gasteiger partial charge < -0.3 is 21.1 Å². The van der Waals surface area contributed by atoms with Gasteiger partial charge in [-0.05, 0) is 69.7 Å². The molecule has 8 nitrogen and oxygen atoms in total. The Kier molecular flexibility index (Phi) is 10.2. The minimum absolute atomic E-state index is 0.00739. The molecule has 2 fully saturated rings. The van der Waals surface area contributed by atoms with E-state index in [2.05, 4.69) is 22.9 Å². The van der Waals surface area contributed by atoms with E-state index in [1.54, 1.807) is 16.4 Å². The zero-order chi connectivity index (χ0) is 27.9. The summed E-state index contributed by atoms with van der Waals surface area (Å²) in [5.41, 5.74) is 2.82. The largest absolute Gasteiger partial charge is 0.390 e. The summed E-state index contributed by atoms with van der Waals surface area (Å²) in [5, 5.41) is 21.3. The maximum atomic E-state index is 13.7. The molecule has 2 atom stereocenters. The van der Waals surface area contributed by atoms with Gasteiger partial charge in [0.25, 0.3) is 5.91 Å². The molecule has 1 heterocycles. The molecule has 4 rings (SSSR count). The Hall–Kier alpha value is -2.30. The molecule has 9 heteroatoms. The van der Waals surface area contributed by atoms with Gasteiger partial charge in [-0.15, -0.1) is 10.8 Å². The Bertz CT molecular complexity index is 1080. The van der Waals surface area contributed by atoms with E-state index < -0.39 is 22.9 Å². The van der Waals surface area contributed by atoms with Gasteiger partial charge in [-0.3, -0.25) is 18.2 Å². The Labute approximate surface area is 235 Å². The second kappa shape index (κ2) is 13.4. The van der Waals surface area contributed by atoms with Crippen molar-refractivity contribution in [1.82, 2.24) is 10.6 Å². The van der Waals surface area contributed by atoms with E-state index in [9.17, 15) is 19.0 Å². The highest BCUT2D eigenvalue weighted by Gasteiger charge is 2.31. The van der Waals surface area contributed by atoms with E-state index in [4.69, 9.17) is 0 Å². The summed E-state index contributed by atoms with van der Waals surface area (Å²) in [6, 6.07) is 14.8. The van der Waals surface area contributed by atoms with E-state index in [0.717, 1.165) is 36.9 Å². The van der Waals surface area contributed by atoms with Gasteiger partial charge >= 0.3 is 0 Å². The van der Waals surface area contributed by atoms with Gasteiger partial charge in [0.15, 0.2) is 0 Å². The van der Waals surface area contributed by atoms with Crippen molar-refractivity contribution in [3.8, 4) is 0 Å². The van der Waals surface area contributed by atoms with Crippen molar-refractivity contribution in [2.45, 2.75) is 82.9 Å². The zero-order valence-electron chi connectivity index (χ0n) is 23.4. The molecule has 39 heavy (non-hydrogen) atoms. The van der Waals surface area contributed by atoms with Gasteiger partial charge in [-0.1, -0.05) is 49.6 Å². The van der Waals surface area contributed by atoms with Crippen LogP contribution in [-0.4, -0.2) is 63.2 Å². The Morgan fingerprint density at radius 1 is 1.05 bits per heavy atom. The molecule has 0 bridgehead atoms. The monoisotopic (exact) mass is 558 g/mol. The van der Waals surface area contributed by atoms with Crippen molar-refractivity contribution in [2.75, 3.05) is 35.0 Å². The van der Waals surface area contributed by atoms with Crippen LogP contribution in [0.4, 0.5) is 11.4 Å². The molecule has 1 saturated carbocycles. The van der Waals surface area contributed by atoms with Crippen LogP contribution in [0.15, 0.2) is 48.5 Å². The molecule has 0 unspecified atom stereocenters. The SMILES string of the molecule is CCNc1cc(C(=O)N[C@@H](Cc2ccccc2)[C@@H](O)CNC2(C)CCCCC2)cc(N2CCCCS2(O)O)c1. The minimum Gasteiger partial charge on any atom is -0.390 e. The maximum absolute atomic E-state index is 13.7. The molecular formula is C30H46N4O4S. The summed E-state index contributed by atoms with van der Waals surface area (Å²) >= 11 is 0. The molecule has 1 aliphatic heterocycles. The van der Waals surface area contributed by atoms with Crippen LogP contribution in [0.1, 0.15) is 74.7 Å². The summed E-state index contributed by atoms with van der Waals surface area (Å²) in [7, 11) is -2.93. The molecule has 216 valence electrons. The third kappa shape index (κ3) is 8.11. The summed E-state index contributed by atoms with van der Waals surface area (Å²) in [4.78, 5) is 13.7. The molecular weight excluding hydrogens is 512 g/mol. The highest BCUT2D eigenvalue weighted by molar-refractivity contribution is 8.25. The number of nitrogens with zero attached hydrogens (tertiary/aromatic N) is 1.